The fourth-order valence-corrected chi connectivity index (χ4v) is 2.23. The number of nitrogens with two attached hydrogens (primary N) is 1. The molecule has 2 N–H and O–H groups in total. The summed E-state index contributed by atoms with van der Waals surface area (Å²) in [6, 6.07) is 12.8. The van der Waals surface area contributed by atoms with Gasteiger partial charge in [0.1, 0.15) is 5.75 Å². The maximum Gasteiger partial charge on any atom is 0.416 e. The number of alkyl halides is 3. The van der Waals surface area contributed by atoms with Crippen molar-refractivity contribution < 1.29 is 17.9 Å². The Bertz CT molecular complexity index is 608. The van der Waals surface area contributed by atoms with Gasteiger partial charge in [-0.1, -0.05) is 35.9 Å². The zero-order valence-electron chi connectivity index (χ0n) is 12.2. The standard InChI is InChI=1S/C17H18F3NO/c1-12-6-8-14(9-7-12)22-11-13(10-21)15-4-2-3-5-16(15)17(18,19)20/h2-9,13H,10-11,21H2,1H3. The third kappa shape index (κ3) is 4.01. The predicted octanol–water partition coefficient (Wildman–Crippen LogP) is 4.14. The molecule has 2 nitrogen and oxygen atoms in total. The van der Waals surface area contributed by atoms with E-state index in [1.54, 1.807) is 18.2 Å². The van der Waals surface area contributed by atoms with E-state index in [0.717, 1.165) is 11.6 Å². The number of aryl methyl sites for hydroxylation is 1. The maximum atomic E-state index is 13.1. The maximum absolute atomic E-state index is 13.1. The molecule has 0 spiro atoms. The van der Waals surface area contributed by atoms with E-state index < -0.39 is 17.7 Å². The lowest BCUT2D eigenvalue weighted by Gasteiger charge is -2.20. The SMILES string of the molecule is Cc1ccc(OCC(CN)c2ccccc2C(F)(F)F)cc1. The molecule has 0 aromatic heterocycles. The van der Waals surface area contributed by atoms with Crippen LogP contribution < -0.4 is 10.5 Å². The minimum absolute atomic E-state index is 0.0823. The molecule has 2 aromatic rings. The Labute approximate surface area is 127 Å². The number of rotatable bonds is 5. The third-order valence-corrected chi connectivity index (χ3v) is 3.46. The minimum Gasteiger partial charge on any atom is -0.493 e. The lowest BCUT2D eigenvalue weighted by atomic mass is 9.94. The zero-order valence-corrected chi connectivity index (χ0v) is 12.2. The molecular formula is C17H18F3NO. The zero-order chi connectivity index (χ0) is 16.2. The topological polar surface area (TPSA) is 35.2 Å². The lowest BCUT2D eigenvalue weighted by molar-refractivity contribution is -0.138. The molecule has 0 heterocycles. The molecule has 0 saturated carbocycles. The highest BCUT2D eigenvalue weighted by Gasteiger charge is 2.34. The number of hydrogen-bond acceptors (Lipinski definition) is 2. The molecule has 5 heteroatoms. The Kier molecular flexibility index (Phi) is 5.08. The molecule has 0 aliphatic heterocycles. The van der Waals surface area contributed by atoms with Gasteiger partial charge in [0.05, 0.1) is 12.2 Å². The number of benzene rings is 2. The minimum atomic E-state index is -4.39. The van der Waals surface area contributed by atoms with Gasteiger partial charge in [-0.25, -0.2) is 0 Å². The van der Waals surface area contributed by atoms with E-state index in [9.17, 15) is 13.2 Å². The molecule has 0 radical (unpaired) electrons. The van der Waals surface area contributed by atoms with Crippen molar-refractivity contribution in [2.24, 2.45) is 5.73 Å². The van der Waals surface area contributed by atoms with Gasteiger partial charge in [-0.3, -0.25) is 0 Å². The van der Waals surface area contributed by atoms with E-state index in [0.29, 0.717) is 5.75 Å². The van der Waals surface area contributed by atoms with E-state index in [4.69, 9.17) is 10.5 Å². The first-order valence-electron chi connectivity index (χ1n) is 6.97. The highest BCUT2D eigenvalue weighted by molar-refractivity contribution is 5.33. The molecule has 2 rings (SSSR count). The molecule has 0 fully saturated rings. The first-order chi connectivity index (χ1) is 10.4. The Morgan fingerprint density at radius 3 is 2.27 bits per heavy atom. The molecule has 1 atom stereocenters. The van der Waals surface area contributed by atoms with Crippen molar-refractivity contribution in [3.8, 4) is 5.75 Å². The fourth-order valence-electron chi connectivity index (χ4n) is 2.23. The third-order valence-electron chi connectivity index (χ3n) is 3.46. The first-order valence-corrected chi connectivity index (χ1v) is 6.97. The van der Waals surface area contributed by atoms with Crippen molar-refractivity contribution in [1.82, 2.24) is 0 Å². The summed E-state index contributed by atoms with van der Waals surface area (Å²) in [5.41, 5.74) is 6.26. The summed E-state index contributed by atoms with van der Waals surface area (Å²) in [6.45, 7) is 2.14. The summed E-state index contributed by atoms with van der Waals surface area (Å²) in [4.78, 5) is 0. The second-order valence-corrected chi connectivity index (χ2v) is 5.14. The molecule has 118 valence electrons. The van der Waals surface area contributed by atoms with Crippen molar-refractivity contribution in [3.63, 3.8) is 0 Å². The van der Waals surface area contributed by atoms with Crippen LogP contribution in [0.15, 0.2) is 48.5 Å². The van der Waals surface area contributed by atoms with Crippen LogP contribution in [0, 0.1) is 6.92 Å². The molecule has 22 heavy (non-hydrogen) atoms. The number of halogens is 3. The Balaban J connectivity index is 2.17. The molecule has 0 bridgehead atoms. The highest BCUT2D eigenvalue weighted by atomic mass is 19.4. The summed E-state index contributed by atoms with van der Waals surface area (Å²) in [5.74, 6) is 0.104. The van der Waals surface area contributed by atoms with Gasteiger partial charge >= 0.3 is 6.18 Å². The molecule has 0 saturated heterocycles. The van der Waals surface area contributed by atoms with Gasteiger partial charge in [-0.15, -0.1) is 0 Å². The molecule has 1 unspecified atom stereocenters. The molecule has 0 aliphatic carbocycles. The van der Waals surface area contributed by atoms with Crippen molar-refractivity contribution >= 4 is 0 Å². The largest absolute Gasteiger partial charge is 0.493 e. The number of ether oxygens (including phenoxy) is 1. The van der Waals surface area contributed by atoms with Gasteiger partial charge in [-0.2, -0.15) is 13.2 Å². The van der Waals surface area contributed by atoms with Crippen LogP contribution >= 0.6 is 0 Å². The summed E-state index contributed by atoms with van der Waals surface area (Å²) < 4.78 is 44.8. The summed E-state index contributed by atoms with van der Waals surface area (Å²) in [6.07, 6.45) is -4.39. The molecule has 0 aliphatic rings. The van der Waals surface area contributed by atoms with Crippen LogP contribution in [0.4, 0.5) is 13.2 Å². The van der Waals surface area contributed by atoms with E-state index >= 15 is 0 Å². The van der Waals surface area contributed by atoms with Gasteiger partial charge in [0.25, 0.3) is 0 Å². The monoisotopic (exact) mass is 309 g/mol. The van der Waals surface area contributed by atoms with Crippen LogP contribution in [0.3, 0.4) is 0 Å². The van der Waals surface area contributed by atoms with Crippen molar-refractivity contribution in [1.29, 1.82) is 0 Å². The van der Waals surface area contributed by atoms with Gasteiger partial charge in [0.2, 0.25) is 0 Å². The Morgan fingerprint density at radius 2 is 1.68 bits per heavy atom. The second-order valence-electron chi connectivity index (χ2n) is 5.14. The van der Waals surface area contributed by atoms with Crippen LogP contribution in [0.1, 0.15) is 22.6 Å². The quantitative estimate of drug-likeness (QED) is 0.901. The van der Waals surface area contributed by atoms with E-state index in [-0.39, 0.29) is 18.7 Å². The normalized spacial score (nSPS) is 13.0. The van der Waals surface area contributed by atoms with E-state index in [1.807, 2.05) is 19.1 Å². The molecular weight excluding hydrogens is 291 g/mol. The first kappa shape index (κ1) is 16.4. The average Bonchev–Trinajstić information content (AvgIpc) is 2.49. The van der Waals surface area contributed by atoms with Crippen LogP contribution in [-0.4, -0.2) is 13.2 Å². The molecule has 2 aromatic carbocycles. The Hall–Kier alpha value is -2.01. The van der Waals surface area contributed by atoms with Gasteiger partial charge in [-0.05, 0) is 30.7 Å². The lowest BCUT2D eigenvalue weighted by Crippen LogP contribution is -2.23. The van der Waals surface area contributed by atoms with Gasteiger partial charge < -0.3 is 10.5 Å². The second kappa shape index (κ2) is 6.83. The average molecular weight is 309 g/mol. The van der Waals surface area contributed by atoms with Crippen LogP contribution in [-0.2, 0) is 6.18 Å². The molecule has 0 amide bonds. The summed E-state index contributed by atoms with van der Waals surface area (Å²) in [7, 11) is 0. The predicted molar refractivity (Wildman–Crippen MR) is 79.9 cm³/mol. The van der Waals surface area contributed by atoms with E-state index in [1.165, 1.54) is 12.1 Å². The Morgan fingerprint density at radius 1 is 1.05 bits per heavy atom. The summed E-state index contributed by atoms with van der Waals surface area (Å²) in [5, 5.41) is 0. The number of hydrogen-bond donors (Lipinski definition) is 1. The van der Waals surface area contributed by atoms with Crippen LogP contribution in [0.25, 0.3) is 0 Å². The van der Waals surface area contributed by atoms with Gasteiger partial charge in [0, 0.05) is 12.5 Å². The van der Waals surface area contributed by atoms with Crippen molar-refractivity contribution in [2.45, 2.75) is 19.0 Å². The van der Waals surface area contributed by atoms with Crippen LogP contribution in [0.5, 0.6) is 5.75 Å². The van der Waals surface area contributed by atoms with E-state index in [2.05, 4.69) is 0 Å². The smallest absolute Gasteiger partial charge is 0.416 e. The highest BCUT2D eigenvalue weighted by Crippen LogP contribution is 2.35. The van der Waals surface area contributed by atoms with Crippen molar-refractivity contribution in [3.05, 3.63) is 65.2 Å². The fraction of sp³-hybridized carbons (Fsp3) is 0.294. The summed E-state index contributed by atoms with van der Waals surface area (Å²) >= 11 is 0. The van der Waals surface area contributed by atoms with Crippen LogP contribution in [0.2, 0.25) is 0 Å². The van der Waals surface area contributed by atoms with Crippen molar-refractivity contribution in [2.75, 3.05) is 13.2 Å². The van der Waals surface area contributed by atoms with Gasteiger partial charge in [0.15, 0.2) is 0 Å².